The Morgan fingerprint density at radius 3 is 2.55 bits per heavy atom. The van der Waals surface area contributed by atoms with Crippen molar-refractivity contribution in [2.75, 3.05) is 0 Å². The summed E-state index contributed by atoms with van der Waals surface area (Å²) < 4.78 is 10.7. The maximum absolute atomic E-state index is 11.5. The van der Waals surface area contributed by atoms with Crippen molar-refractivity contribution in [1.82, 2.24) is 10.1 Å². The van der Waals surface area contributed by atoms with Crippen LogP contribution in [0.15, 0.2) is 28.8 Å². The fourth-order valence-corrected chi connectivity index (χ4v) is 1.65. The second-order valence-electron chi connectivity index (χ2n) is 4.79. The van der Waals surface area contributed by atoms with Gasteiger partial charge in [-0.3, -0.25) is 4.79 Å². The molecule has 20 heavy (non-hydrogen) atoms. The predicted octanol–water partition coefficient (Wildman–Crippen LogP) is 3.36. The van der Waals surface area contributed by atoms with Gasteiger partial charge in [-0.2, -0.15) is 4.98 Å². The van der Waals surface area contributed by atoms with Gasteiger partial charge < -0.3 is 9.26 Å². The number of ether oxygens (including phenoxy) is 1. The molecule has 0 fully saturated rings. The van der Waals surface area contributed by atoms with Gasteiger partial charge in [0, 0.05) is 17.9 Å². The standard InChI is InChI=1S/C15H18N2O3/c1-4-13(18)11-5-7-12(8-6-11)19-9-14-16-15(10(2)3)20-17-14/h5-8,10H,4,9H2,1-3H3. The van der Waals surface area contributed by atoms with Gasteiger partial charge in [-0.15, -0.1) is 0 Å². The van der Waals surface area contributed by atoms with Gasteiger partial charge in [0.1, 0.15) is 5.75 Å². The van der Waals surface area contributed by atoms with Gasteiger partial charge in [0.05, 0.1) is 0 Å². The number of benzene rings is 1. The Morgan fingerprint density at radius 2 is 2.00 bits per heavy atom. The topological polar surface area (TPSA) is 65.2 Å². The number of carbonyl (C=O) groups is 1. The molecule has 106 valence electrons. The molecule has 5 nitrogen and oxygen atoms in total. The zero-order valence-corrected chi connectivity index (χ0v) is 11.9. The van der Waals surface area contributed by atoms with Crippen molar-refractivity contribution < 1.29 is 14.1 Å². The summed E-state index contributed by atoms with van der Waals surface area (Å²) in [7, 11) is 0. The molecule has 5 heteroatoms. The van der Waals surface area contributed by atoms with Crippen LogP contribution in [0.1, 0.15) is 55.2 Å². The molecule has 0 amide bonds. The molecule has 0 spiro atoms. The smallest absolute Gasteiger partial charge is 0.229 e. The minimum Gasteiger partial charge on any atom is -0.485 e. The highest BCUT2D eigenvalue weighted by atomic mass is 16.5. The largest absolute Gasteiger partial charge is 0.485 e. The number of hydrogen-bond acceptors (Lipinski definition) is 5. The zero-order valence-electron chi connectivity index (χ0n) is 11.9. The van der Waals surface area contributed by atoms with E-state index in [4.69, 9.17) is 9.26 Å². The summed E-state index contributed by atoms with van der Waals surface area (Å²) in [6, 6.07) is 7.06. The van der Waals surface area contributed by atoms with E-state index in [-0.39, 0.29) is 18.3 Å². The lowest BCUT2D eigenvalue weighted by molar-refractivity contribution is 0.0988. The number of rotatable bonds is 6. The molecule has 1 aromatic heterocycles. The maximum Gasteiger partial charge on any atom is 0.229 e. The van der Waals surface area contributed by atoms with Crippen molar-refractivity contribution in [2.45, 2.75) is 39.7 Å². The van der Waals surface area contributed by atoms with E-state index in [9.17, 15) is 4.79 Å². The van der Waals surface area contributed by atoms with Crippen LogP contribution in [0.3, 0.4) is 0 Å². The molecule has 2 aromatic rings. The molecule has 1 aromatic carbocycles. The predicted molar refractivity (Wildman–Crippen MR) is 73.8 cm³/mol. The fraction of sp³-hybridized carbons (Fsp3) is 0.400. The highest BCUT2D eigenvalue weighted by Gasteiger charge is 2.10. The zero-order chi connectivity index (χ0) is 14.5. The van der Waals surface area contributed by atoms with E-state index in [1.165, 1.54) is 0 Å². The van der Waals surface area contributed by atoms with E-state index in [1.807, 2.05) is 20.8 Å². The molecule has 0 bridgehead atoms. The van der Waals surface area contributed by atoms with Crippen LogP contribution >= 0.6 is 0 Å². The van der Waals surface area contributed by atoms with Crippen molar-refractivity contribution in [3.05, 3.63) is 41.5 Å². The van der Waals surface area contributed by atoms with Gasteiger partial charge in [-0.1, -0.05) is 25.9 Å². The van der Waals surface area contributed by atoms with Crippen molar-refractivity contribution >= 4 is 5.78 Å². The molecule has 0 saturated carbocycles. The number of hydrogen-bond donors (Lipinski definition) is 0. The Balaban J connectivity index is 1.95. The van der Waals surface area contributed by atoms with Gasteiger partial charge in [0.25, 0.3) is 0 Å². The summed E-state index contributed by atoms with van der Waals surface area (Å²) >= 11 is 0. The highest BCUT2D eigenvalue weighted by molar-refractivity contribution is 5.95. The van der Waals surface area contributed by atoms with Crippen LogP contribution in [0.25, 0.3) is 0 Å². The summed E-state index contributed by atoms with van der Waals surface area (Å²) in [6.45, 7) is 6.07. The van der Waals surface area contributed by atoms with E-state index in [0.717, 1.165) is 0 Å². The van der Waals surface area contributed by atoms with Crippen molar-refractivity contribution in [1.29, 1.82) is 0 Å². The lowest BCUT2D eigenvalue weighted by Gasteiger charge is -2.04. The molecule has 0 unspecified atom stereocenters. The Labute approximate surface area is 118 Å². The van der Waals surface area contributed by atoms with Crippen LogP contribution in [0.4, 0.5) is 0 Å². The minimum absolute atomic E-state index is 0.122. The molecule has 0 saturated heterocycles. The van der Waals surface area contributed by atoms with Crippen molar-refractivity contribution in [3.8, 4) is 5.75 Å². The van der Waals surface area contributed by atoms with Crippen molar-refractivity contribution in [3.63, 3.8) is 0 Å². The van der Waals surface area contributed by atoms with Crippen molar-refractivity contribution in [2.24, 2.45) is 0 Å². The Hall–Kier alpha value is -2.17. The molecule has 0 N–H and O–H groups in total. The van der Waals surface area contributed by atoms with Gasteiger partial charge in [0.2, 0.25) is 11.7 Å². The third-order valence-corrected chi connectivity index (χ3v) is 2.84. The van der Waals surface area contributed by atoms with Crippen LogP contribution in [0.5, 0.6) is 5.75 Å². The van der Waals surface area contributed by atoms with Gasteiger partial charge >= 0.3 is 0 Å². The van der Waals surface area contributed by atoms with Crippen LogP contribution < -0.4 is 4.74 Å². The summed E-state index contributed by atoms with van der Waals surface area (Å²) in [5.41, 5.74) is 0.696. The molecule has 0 aliphatic carbocycles. The molecular weight excluding hydrogens is 256 g/mol. The first-order chi connectivity index (χ1) is 9.60. The fourth-order valence-electron chi connectivity index (χ4n) is 1.65. The third-order valence-electron chi connectivity index (χ3n) is 2.84. The summed E-state index contributed by atoms with van der Waals surface area (Å²) in [5, 5.41) is 3.85. The molecule has 2 rings (SSSR count). The molecular formula is C15H18N2O3. The third kappa shape index (κ3) is 3.44. The van der Waals surface area contributed by atoms with Crippen LogP contribution in [0, 0.1) is 0 Å². The van der Waals surface area contributed by atoms with Crippen LogP contribution in [0.2, 0.25) is 0 Å². The molecule has 0 radical (unpaired) electrons. The van der Waals surface area contributed by atoms with E-state index < -0.39 is 0 Å². The number of carbonyl (C=O) groups excluding carboxylic acids is 1. The summed E-state index contributed by atoms with van der Waals surface area (Å²) in [5.74, 6) is 2.12. The number of aromatic nitrogens is 2. The Bertz CT molecular complexity index is 573. The van der Waals surface area contributed by atoms with E-state index in [0.29, 0.717) is 29.4 Å². The average molecular weight is 274 g/mol. The molecule has 0 atom stereocenters. The molecule has 1 heterocycles. The SMILES string of the molecule is CCC(=O)c1ccc(OCc2noc(C(C)C)n2)cc1. The van der Waals surface area contributed by atoms with E-state index in [2.05, 4.69) is 10.1 Å². The monoisotopic (exact) mass is 274 g/mol. The summed E-state index contributed by atoms with van der Waals surface area (Å²) in [4.78, 5) is 15.7. The minimum atomic E-state index is 0.122. The Morgan fingerprint density at radius 1 is 1.30 bits per heavy atom. The first-order valence-electron chi connectivity index (χ1n) is 6.68. The molecule has 0 aliphatic heterocycles. The first-order valence-corrected chi connectivity index (χ1v) is 6.68. The Kier molecular flexibility index (Phi) is 4.50. The highest BCUT2D eigenvalue weighted by Crippen LogP contribution is 2.16. The van der Waals surface area contributed by atoms with Gasteiger partial charge in [0.15, 0.2) is 12.4 Å². The lowest BCUT2D eigenvalue weighted by Crippen LogP contribution is -1.99. The van der Waals surface area contributed by atoms with E-state index >= 15 is 0 Å². The summed E-state index contributed by atoms with van der Waals surface area (Å²) in [6.07, 6.45) is 0.501. The quantitative estimate of drug-likeness (QED) is 0.756. The first kappa shape index (κ1) is 14.2. The van der Waals surface area contributed by atoms with Crippen LogP contribution in [-0.2, 0) is 6.61 Å². The normalized spacial score (nSPS) is 10.8. The van der Waals surface area contributed by atoms with Gasteiger partial charge in [-0.25, -0.2) is 0 Å². The maximum atomic E-state index is 11.5. The number of nitrogens with zero attached hydrogens (tertiary/aromatic N) is 2. The molecule has 0 aliphatic rings. The number of Topliss-reactive ketones (excluding diaryl/α,β-unsaturated/α-hetero) is 1. The van der Waals surface area contributed by atoms with E-state index in [1.54, 1.807) is 24.3 Å². The second-order valence-corrected chi connectivity index (χ2v) is 4.79. The number of ketones is 1. The van der Waals surface area contributed by atoms with Gasteiger partial charge in [-0.05, 0) is 24.3 Å². The second kappa shape index (κ2) is 6.32. The average Bonchev–Trinajstić information content (AvgIpc) is 2.94. The van der Waals surface area contributed by atoms with Crippen LogP contribution in [-0.4, -0.2) is 15.9 Å². The lowest BCUT2D eigenvalue weighted by atomic mass is 10.1.